The van der Waals surface area contributed by atoms with Crippen molar-refractivity contribution in [2.24, 2.45) is 11.7 Å². The lowest BCUT2D eigenvalue weighted by atomic mass is 9.76. The molecule has 0 bridgehead atoms. The lowest BCUT2D eigenvalue weighted by Gasteiger charge is -2.40. The maximum absolute atomic E-state index is 11.6. The fraction of sp³-hybridized carbons (Fsp3) is 0.909. The van der Waals surface area contributed by atoms with Crippen LogP contribution in [0.15, 0.2) is 0 Å². The van der Waals surface area contributed by atoms with E-state index in [9.17, 15) is 4.79 Å². The quantitative estimate of drug-likeness (QED) is 0.723. The van der Waals surface area contributed by atoms with Gasteiger partial charge < -0.3 is 16.0 Å². The van der Waals surface area contributed by atoms with Gasteiger partial charge in [0.25, 0.3) is 0 Å². The fourth-order valence-electron chi connectivity index (χ4n) is 2.35. The molecule has 0 aromatic rings. The van der Waals surface area contributed by atoms with E-state index in [2.05, 4.69) is 12.2 Å². The lowest BCUT2D eigenvalue weighted by molar-refractivity contribution is 0.169. The molecule has 2 atom stereocenters. The molecule has 2 amide bonds. The zero-order valence-electron chi connectivity index (χ0n) is 10.0. The van der Waals surface area contributed by atoms with E-state index in [0.717, 1.165) is 19.3 Å². The van der Waals surface area contributed by atoms with Crippen LogP contribution in [0.3, 0.4) is 0 Å². The van der Waals surface area contributed by atoms with Crippen LogP contribution in [0.5, 0.6) is 0 Å². The molecule has 4 heteroatoms. The Morgan fingerprint density at radius 2 is 2.27 bits per heavy atom. The van der Waals surface area contributed by atoms with E-state index in [1.165, 1.54) is 6.42 Å². The summed E-state index contributed by atoms with van der Waals surface area (Å²) in [4.78, 5) is 13.2. The molecule has 1 aliphatic carbocycles. The van der Waals surface area contributed by atoms with Crippen molar-refractivity contribution in [3.63, 3.8) is 0 Å². The zero-order chi connectivity index (χ0) is 11.5. The Bertz CT molecular complexity index is 230. The van der Waals surface area contributed by atoms with Crippen molar-refractivity contribution in [2.75, 3.05) is 20.6 Å². The van der Waals surface area contributed by atoms with E-state index >= 15 is 0 Å². The molecule has 0 radical (unpaired) electrons. The van der Waals surface area contributed by atoms with Crippen LogP contribution in [-0.4, -0.2) is 37.1 Å². The second-order valence-corrected chi connectivity index (χ2v) is 5.01. The van der Waals surface area contributed by atoms with Gasteiger partial charge in [0.15, 0.2) is 0 Å². The van der Waals surface area contributed by atoms with Gasteiger partial charge in [0.2, 0.25) is 0 Å². The van der Waals surface area contributed by atoms with Crippen LogP contribution in [0, 0.1) is 5.92 Å². The summed E-state index contributed by atoms with van der Waals surface area (Å²) in [5.41, 5.74) is 5.65. The molecule has 0 aromatic carbocycles. The molecule has 0 aliphatic heterocycles. The summed E-state index contributed by atoms with van der Waals surface area (Å²) >= 11 is 0. The number of hydrogen-bond donors (Lipinski definition) is 2. The van der Waals surface area contributed by atoms with Crippen molar-refractivity contribution in [1.29, 1.82) is 0 Å². The van der Waals surface area contributed by atoms with Crippen LogP contribution in [0.1, 0.15) is 32.6 Å². The number of nitrogens with one attached hydrogen (secondary N) is 1. The molecule has 3 N–H and O–H groups in total. The van der Waals surface area contributed by atoms with Gasteiger partial charge in [-0.25, -0.2) is 4.79 Å². The first kappa shape index (κ1) is 12.3. The van der Waals surface area contributed by atoms with Crippen molar-refractivity contribution in [1.82, 2.24) is 10.2 Å². The summed E-state index contributed by atoms with van der Waals surface area (Å²) in [6, 6.07) is -0.0328. The third-order valence-electron chi connectivity index (χ3n) is 3.26. The lowest BCUT2D eigenvalue weighted by Crippen LogP contribution is -2.58. The predicted molar refractivity (Wildman–Crippen MR) is 61.6 cm³/mol. The number of hydrogen-bond acceptors (Lipinski definition) is 2. The van der Waals surface area contributed by atoms with Crippen molar-refractivity contribution in [3.8, 4) is 0 Å². The average Bonchev–Trinajstić information content (AvgIpc) is 2.17. The molecule has 15 heavy (non-hydrogen) atoms. The normalized spacial score (nSPS) is 31.1. The van der Waals surface area contributed by atoms with Crippen LogP contribution < -0.4 is 11.1 Å². The average molecular weight is 213 g/mol. The first-order chi connectivity index (χ1) is 6.99. The van der Waals surface area contributed by atoms with E-state index in [-0.39, 0.29) is 11.6 Å². The number of carbonyl (C=O) groups is 1. The SMILES string of the molecule is CC1CCCC(CN)(NC(=O)N(C)C)C1. The Kier molecular flexibility index (Phi) is 3.97. The van der Waals surface area contributed by atoms with Gasteiger partial charge in [-0.05, 0) is 18.8 Å². The van der Waals surface area contributed by atoms with Crippen LogP contribution in [0.2, 0.25) is 0 Å². The molecule has 1 fully saturated rings. The van der Waals surface area contributed by atoms with Gasteiger partial charge in [-0.3, -0.25) is 0 Å². The standard InChI is InChI=1S/C11H23N3O/c1-9-5-4-6-11(7-9,8-12)13-10(15)14(2)3/h9H,4-8,12H2,1-3H3,(H,13,15). The Labute approximate surface area is 92.2 Å². The minimum absolute atomic E-state index is 0.0328. The molecule has 2 unspecified atom stereocenters. The molecular formula is C11H23N3O. The summed E-state index contributed by atoms with van der Waals surface area (Å²) in [5, 5.41) is 3.07. The summed E-state index contributed by atoms with van der Waals surface area (Å²) in [5.74, 6) is 0.657. The molecule has 88 valence electrons. The first-order valence-electron chi connectivity index (χ1n) is 5.68. The largest absolute Gasteiger partial charge is 0.331 e. The smallest absolute Gasteiger partial charge is 0.317 e. The van der Waals surface area contributed by atoms with Crippen molar-refractivity contribution in [3.05, 3.63) is 0 Å². The van der Waals surface area contributed by atoms with Gasteiger partial charge in [-0.2, -0.15) is 0 Å². The highest BCUT2D eigenvalue weighted by atomic mass is 16.2. The molecule has 0 aromatic heterocycles. The highest BCUT2D eigenvalue weighted by molar-refractivity contribution is 5.74. The van der Waals surface area contributed by atoms with E-state index in [0.29, 0.717) is 12.5 Å². The van der Waals surface area contributed by atoms with Crippen molar-refractivity contribution >= 4 is 6.03 Å². The predicted octanol–water partition coefficient (Wildman–Crippen LogP) is 1.17. The highest BCUT2D eigenvalue weighted by Crippen LogP contribution is 2.31. The second kappa shape index (κ2) is 4.84. The molecule has 0 heterocycles. The summed E-state index contributed by atoms with van der Waals surface area (Å²) in [6.07, 6.45) is 4.42. The number of carbonyl (C=O) groups excluding carboxylic acids is 1. The number of urea groups is 1. The minimum Gasteiger partial charge on any atom is -0.331 e. The van der Waals surface area contributed by atoms with E-state index in [1.807, 2.05) is 0 Å². The Morgan fingerprint density at radius 1 is 1.60 bits per heavy atom. The molecule has 1 rings (SSSR count). The van der Waals surface area contributed by atoms with Gasteiger partial charge in [-0.15, -0.1) is 0 Å². The minimum atomic E-state index is -0.168. The van der Waals surface area contributed by atoms with Gasteiger partial charge in [0.1, 0.15) is 0 Å². The number of rotatable bonds is 2. The number of nitrogens with two attached hydrogens (primary N) is 1. The molecule has 0 saturated heterocycles. The van der Waals surface area contributed by atoms with Crippen LogP contribution in [0.25, 0.3) is 0 Å². The third-order valence-corrected chi connectivity index (χ3v) is 3.26. The second-order valence-electron chi connectivity index (χ2n) is 5.01. The first-order valence-corrected chi connectivity index (χ1v) is 5.68. The molecule has 1 saturated carbocycles. The third kappa shape index (κ3) is 3.09. The summed E-state index contributed by atoms with van der Waals surface area (Å²) in [7, 11) is 3.51. The van der Waals surface area contributed by atoms with Crippen LogP contribution >= 0.6 is 0 Å². The molecular weight excluding hydrogens is 190 g/mol. The van der Waals surface area contributed by atoms with Gasteiger partial charge in [0.05, 0.1) is 5.54 Å². The van der Waals surface area contributed by atoms with Gasteiger partial charge >= 0.3 is 6.03 Å². The van der Waals surface area contributed by atoms with Crippen molar-refractivity contribution in [2.45, 2.75) is 38.1 Å². The summed E-state index contributed by atoms with van der Waals surface area (Å²) < 4.78 is 0. The number of nitrogens with zero attached hydrogens (tertiary/aromatic N) is 1. The molecule has 1 aliphatic rings. The zero-order valence-corrected chi connectivity index (χ0v) is 10.0. The Balaban J connectivity index is 2.63. The maximum atomic E-state index is 11.6. The topological polar surface area (TPSA) is 58.4 Å². The number of amides is 2. The highest BCUT2D eigenvalue weighted by Gasteiger charge is 2.35. The maximum Gasteiger partial charge on any atom is 0.317 e. The van der Waals surface area contributed by atoms with E-state index in [1.54, 1.807) is 19.0 Å². The van der Waals surface area contributed by atoms with Gasteiger partial charge in [0, 0.05) is 20.6 Å². The summed E-state index contributed by atoms with van der Waals surface area (Å²) in [6.45, 7) is 2.77. The fourth-order valence-corrected chi connectivity index (χ4v) is 2.35. The van der Waals surface area contributed by atoms with E-state index in [4.69, 9.17) is 5.73 Å². The Morgan fingerprint density at radius 3 is 2.73 bits per heavy atom. The molecule has 4 nitrogen and oxygen atoms in total. The van der Waals surface area contributed by atoms with Crippen LogP contribution in [-0.2, 0) is 0 Å². The Hall–Kier alpha value is -0.770. The van der Waals surface area contributed by atoms with Crippen LogP contribution in [0.4, 0.5) is 4.79 Å². The van der Waals surface area contributed by atoms with Gasteiger partial charge in [-0.1, -0.05) is 19.8 Å². The van der Waals surface area contributed by atoms with Crippen molar-refractivity contribution < 1.29 is 4.79 Å². The monoisotopic (exact) mass is 213 g/mol. The molecule has 0 spiro atoms. The van der Waals surface area contributed by atoms with E-state index < -0.39 is 0 Å².